The normalized spacial score (nSPS) is 15.0. The van der Waals surface area contributed by atoms with E-state index in [-0.39, 0.29) is 0 Å². The predicted octanol–water partition coefficient (Wildman–Crippen LogP) is 14.5. The van der Waals surface area contributed by atoms with E-state index in [1.54, 1.807) is 0 Å². The summed E-state index contributed by atoms with van der Waals surface area (Å²) in [6.45, 7) is 5.05. The molecule has 3 heteroatoms. The molecule has 2 heterocycles. The van der Waals surface area contributed by atoms with Gasteiger partial charge in [0.2, 0.25) is 0 Å². The molecule has 0 atom stereocenters. The van der Waals surface area contributed by atoms with E-state index in [2.05, 4.69) is 218 Å². The van der Waals surface area contributed by atoms with Gasteiger partial charge in [0.05, 0.1) is 0 Å². The Morgan fingerprint density at radius 3 is 1.72 bits per heavy atom. The Balaban J connectivity index is 1.08. The molecule has 2 aliphatic carbocycles. The summed E-state index contributed by atoms with van der Waals surface area (Å²) in [7, 11) is -1.97. The zero-order valence-electron chi connectivity index (χ0n) is 33.4. The van der Waals surface area contributed by atoms with Gasteiger partial charge in [-0.2, -0.15) is 0 Å². The zero-order chi connectivity index (χ0) is 39.7. The molecule has 0 radical (unpaired) electrons. The van der Waals surface area contributed by atoms with Gasteiger partial charge in [0.15, 0.2) is 0 Å². The topological polar surface area (TPSA) is 3.24 Å². The van der Waals surface area contributed by atoms with Gasteiger partial charge >= 0.3 is 309 Å². The SMILES string of the molecule is C[PH]1(C)c2ccccc2-c2cccc(-c3cccc(N(c4ccc5c(c4)C4(c6ccccc6-c6ccccc64)c4ccccc4-5)c4cccc5sc6ccccc6c45)c3)c21. The van der Waals surface area contributed by atoms with Crippen molar-refractivity contribution in [3.63, 3.8) is 0 Å². The molecule has 1 nitrogen and oxygen atoms in total. The van der Waals surface area contributed by atoms with E-state index >= 15 is 0 Å². The minimum absolute atomic E-state index is 0.431. The van der Waals surface area contributed by atoms with Crippen molar-refractivity contribution in [3.05, 3.63) is 222 Å². The summed E-state index contributed by atoms with van der Waals surface area (Å²) in [5.74, 6) is 0. The van der Waals surface area contributed by atoms with Gasteiger partial charge in [-0.3, -0.25) is 0 Å². The summed E-state index contributed by atoms with van der Waals surface area (Å²) in [4.78, 5) is 2.55. The number of thiophene rings is 1. The van der Waals surface area contributed by atoms with Crippen molar-refractivity contribution in [1.82, 2.24) is 0 Å². The van der Waals surface area contributed by atoms with Crippen LogP contribution in [0.3, 0.4) is 0 Å². The average Bonchev–Trinajstić information content (AvgIpc) is 3.99. The zero-order valence-corrected chi connectivity index (χ0v) is 35.2. The maximum atomic E-state index is 2.55. The molecule has 284 valence electrons. The van der Waals surface area contributed by atoms with Crippen molar-refractivity contribution < 1.29 is 0 Å². The van der Waals surface area contributed by atoms with Crippen LogP contribution in [0.2, 0.25) is 0 Å². The summed E-state index contributed by atoms with van der Waals surface area (Å²) in [6, 6.07) is 75.8. The molecular formula is C57H40NPS. The van der Waals surface area contributed by atoms with E-state index in [4.69, 9.17) is 0 Å². The van der Waals surface area contributed by atoms with E-state index in [1.165, 1.54) is 103 Å². The molecule has 3 aliphatic rings. The van der Waals surface area contributed by atoms with Crippen molar-refractivity contribution in [1.29, 1.82) is 0 Å². The van der Waals surface area contributed by atoms with Crippen LogP contribution in [0.1, 0.15) is 22.3 Å². The second kappa shape index (κ2) is 12.5. The Hall–Kier alpha value is -6.57. The van der Waals surface area contributed by atoms with E-state index in [1.807, 2.05) is 11.3 Å². The molecule has 9 aromatic carbocycles. The quantitative estimate of drug-likeness (QED) is 0.160. The standard InChI is InChI=1S/C57H40NPS/c1-59(2)52-29-11-6-21-44(52)45-24-14-23-39(56(45)59)36-16-13-17-37(34-36)58(51-28-15-31-54-55(51)46-22-7-12-30-53(46)60-54)38-32-33-43-42-20-5-10-27-49(42)57(50(43)35-38)47-25-8-3-18-40(47)41-19-4-9-26-48(41)57/h3-35,59H,1-2H3. The molecule has 0 bridgehead atoms. The van der Waals surface area contributed by atoms with Crippen LogP contribution in [0.15, 0.2) is 200 Å². The minimum atomic E-state index is -1.97. The van der Waals surface area contributed by atoms with Crippen LogP contribution < -0.4 is 15.5 Å². The number of nitrogens with zero attached hydrogens (tertiary/aromatic N) is 1. The molecule has 0 saturated carbocycles. The summed E-state index contributed by atoms with van der Waals surface area (Å²) < 4.78 is 2.60. The first-order valence-electron chi connectivity index (χ1n) is 21.0. The van der Waals surface area contributed by atoms with Crippen molar-refractivity contribution in [2.45, 2.75) is 5.41 Å². The molecule has 13 rings (SSSR count). The first-order valence-corrected chi connectivity index (χ1v) is 24.8. The average molecular weight is 802 g/mol. The van der Waals surface area contributed by atoms with Gasteiger partial charge in [-0.15, -0.1) is 0 Å². The van der Waals surface area contributed by atoms with Crippen LogP contribution in [0.25, 0.3) is 64.7 Å². The molecule has 0 amide bonds. The van der Waals surface area contributed by atoms with Crippen LogP contribution in [0.4, 0.5) is 17.1 Å². The van der Waals surface area contributed by atoms with Crippen LogP contribution in [0.5, 0.6) is 0 Å². The second-order valence-corrected chi connectivity index (χ2v) is 22.5. The Labute approximate surface area is 355 Å². The molecule has 0 fully saturated rings. The number of hydrogen-bond acceptors (Lipinski definition) is 2. The molecule has 1 aliphatic heterocycles. The molecule has 0 N–H and O–H groups in total. The Bertz CT molecular complexity index is 3380. The first-order chi connectivity index (χ1) is 29.5. The molecular weight excluding hydrogens is 762 g/mol. The Morgan fingerprint density at radius 1 is 0.417 bits per heavy atom. The molecule has 10 aromatic rings. The van der Waals surface area contributed by atoms with Crippen molar-refractivity contribution in [3.8, 4) is 44.5 Å². The fourth-order valence-electron chi connectivity index (χ4n) is 11.5. The van der Waals surface area contributed by atoms with Crippen LogP contribution in [-0.4, -0.2) is 13.3 Å². The fraction of sp³-hybridized carbons (Fsp3) is 0.0526. The number of hydrogen-bond donors (Lipinski definition) is 0. The molecule has 1 aromatic heterocycles. The van der Waals surface area contributed by atoms with Gasteiger partial charge in [0.1, 0.15) is 0 Å². The van der Waals surface area contributed by atoms with E-state index < -0.39 is 12.7 Å². The van der Waals surface area contributed by atoms with Gasteiger partial charge in [0, 0.05) is 0 Å². The van der Waals surface area contributed by atoms with Crippen molar-refractivity contribution in [2.24, 2.45) is 0 Å². The third-order valence-corrected chi connectivity index (χ3v) is 18.6. The molecule has 0 saturated heterocycles. The van der Waals surface area contributed by atoms with E-state index in [0.717, 1.165) is 11.4 Å². The number of fused-ring (bicyclic) bond motifs is 16. The van der Waals surface area contributed by atoms with Crippen molar-refractivity contribution in [2.75, 3.05) is 18.2 Å². The maximum absolute atomic E-state index is 2.55. The van der Waals surface area contributed by atoms with Gasteiger partial charge in [-0.25, -0.2) is 0 Å². The monoisotopic (exact) mass is 801 g/mol. The van der Waals surface area contributed by atoms with E-state index in [0.29, 0.717) is 0 Å². The van der Waals surface area contributed by atoms with Gasteiger partial charge in [0.25, 0.3) is 0 Å². The van der Waals surface area contributed by atoms with Crippen LogP contribution >= 0.6 is 18.6 Å². The summed E-state index contributed by atoms with van der Waals surface area (Å²) in [5, 5.41) is 5.66. The number of benzene rings is 9. The van der Waals surface area contributed by atoms with Crippen LogP contribution in [-0.2, 0) is 5.41 Å². The molecule has 0 unspecified atom stereocenters. The second-order valence-electron chi connectivity index (χ2n) is 17.1. The Kier molecular flexibility index (Phi) is 7.13. The third kappa shape index (κ3) is 4.45. The van der Waals surface area contributed by atoms with E-state index in [9.17, 15) is 0 Å². The number of rotatable bonds is 4. The number of anilines is 3. The summed E-state index contributed by atoms with van der Waals surface area (Å²) in [5.41, 5.74) is 19.2. The molecule has 60 heavy (non-hydrogen) atoms. The summed E-state index contributed by atoms with van der Waals surface area (Å²) in [6.07, 6.45) is 0. The predicted molar refractivity (Wildman–Crippen MR) is 261 cm³/mol. The third-order valence-electron chi connectivity index (χ3n) is 13.9. The summed E-state index contributed by atoms with van der Waals surface area (Å²) >= 11 is 1.88. The fourth-order valence-corrected chi connectivity index (χ4v) is 16.1. The first kappa shape index (κ1) is 34.3. The molecule has 1 spiro atoms. The Morgan fingerprint density at radius 2 is 0.967 bits per heavy atom. The van der Waals surface area contributed by atoms with Gasteiger partial charge in [-0.1, -0.05) is 48.5 Å². The van der Waals surface area contributed by atoms with Gasteiger partial charge < -0.3 is 0 Å². The van der Waals surface area contributed by atoms with Crippen molar-refractivity contribution >= 4 is 66.4 Å². The van der Waals surface area contributed by atoms with Gasteiger partial charge in [-0.05, 0) is 0 Å². The van der Waals surface area contributed by atoms with Crippen LogP contribution in [0, 0.1) is 0 Å².